The molecule has 0 fully saturated rings. The number of hydrogen-bond donors (Lipinski definition) is 0. The molecule has 0 amide bonds. The van der Waals surface area contributed by atoms with Crippen molar-refractivity contribution in [2.45, 2.75) is 5.75 Å². The van der Waals surface area contributed by atoms with Crippen molar-refractivity contribution >= 4 is 20.3 Å². The monoisotopic (exact) mass is 268 g/mol. The van der Waals surface area contributed by atoms with Crippen molar-refractivity contribution in [2.24, 2.45) is 0 Å². The minimum absolute atomic E-state index is 0.171. The van der Waals surface area contributed by atoms with Gasteiger partial charge in [0.1, 0.15) is 5.75 Å². The van der Waals surface area contributed by atoms with E-state index in [0.29, 0.717) is 5.56 Å². The molecular formula is C8H9FO5S2. The third-order valence-electron chi connectivity index (χ3n) is 1.55. The topological polar surface area (TPSA) is 77.5 Å². The van der Waals surface area contributed by atoms with Crippen LogP contribution in [0.5, 0.6) is 5.75 Å². The van der Waals surface area contributed by atoms with E-state index in [2.05, 4.69) is 4.18 Å². The maximum absolute atomic E-state index is 12.1. The summed E-state index contributed by atoms with van der Waals surface area (Å²) in [5, 5.41) is 0. The quantitative estimate of drug-likeness (QED) is 0.756. The van der Waals surface area contributed by atoms with Gasteiger partial charge in [-0.2, -0.15) is 8.42 Å². The Balaban J connectivity index is 2.84. The molecule has 0 spiro atoms. The van der Waals surface area contributed by atoms with Gasteiger partial charge in [-0.25, -0.2) is 8.42 Å². The van der Waals surface area contributed by atoms with Crippen LogP contribution >= 0.6 is 0 Å². The molecule has 1 rings (SSSR count). The molecule has 0 saturated heterocycles. The van der Waals surface area contributed by atoms with E-state index < -0.39 is 20.3 Å². The van der Waals surface area contributed by atoms with Gasteiger partial charge in [0, 0.05) is 6.26 Å². The molecule has 8 heteroatoms. The molecule has 0 bridgehead atoms. The van der Waals surface area contributed by atoms with Crippen LogP contribution in [-0.4, -0.2) is 23.1 Å². The lowest BCUT2D eigenvalue weighted by Gasteiger charge is -2.02. The highest BCUT2D eigenvalue weighted by Crippen LogP contribution is 2.16. The number of benzene rings is 1. The minimum atomic E-state index is -5.04. The van der Waals surface area contributed by atoms with E-state index in [4.69, 9.17) is 0 Å². The van der Waals surface area contributed by atoms with Crippen LogP contribution < -0.4 is 4.18 Å². The first-order valence-electron chi connectivity index (χ1n) is 4.06. The Labute approximate surface area is 93.2 Å². The van der Waals surface area contributed by atoms with E-state index >= 15 is 0 Å². The fourth-order valence-electron chi connectivity index (χ4n) is 1.06. The Morgan fingerprint density at radius 2 is 1.62 bits per heavy atom. The molecule has 0 aliphatic rings. The first-order valence-corrected chi connectivity index (χ1v) is 7.43. The molecule has 5 nitrogen and oxygen atoms in total. The minimum Gasteiger partial charge on any atom is -0.358 e. The summed E-state index contributed by atoms with van der Waals surface area (Å²) in [4.78, 5) is 0. The number of halogens is 1. The zero-order valence-electron chi connectivity index (χ0n) is 8.25. The van der Waals surface area contributed by atoms with E-state index in [9.17, 15) is 20.7 Å². The predicted octanol–water partition coefficient (Wildman–Crippen LogP) is 0.824. The second-order valence-corrected chi connectivity index (χ2v) is 6.28. The van der Waals surface area contributed by atoms with Gasteiger partial charge in [0.05, 0.1) is 5.75 Å². The van der Waals surface area contributed by atoms with Crippen molar-refractivity contribution in [3.63, 3.8) is 0 Å². The Bertz CT molecular complexity index is 506. The number of rotatable bonds is 4. The van der Waals surface area contributed by atoms with Crippen LogP contribution in [0.4, 0.5) is 3.89 Å². The van der Waals surface area contributed by atoms with Gasteiger partial charge in [-0.3, -0.25) is 0 Å². The summed E-state index contributed by atoms with van der Waals surface area (Å²) < 4.78 is 58.2. The van der Waals surface area contributed by atoms with Gasteiger partial charge in [-0.15, -0.1) is 0 Å². The lowest BCUT2D eigenvalue weighted by Crippen LogP contribution is -2.02. The van der Waals surface area contributed by atoms with E-state index in [-0.39, 0.29) is 11.5 Å². The van der Waals surface area contributed by atoms with Crippen LogP contribution in [0.2, 0.25) is 0 Å². The highest BCUT2D eigenvalue weighted by molar-refractivity contribution is 7.89. The fourth-order valence-corrected chi connectivity index (χ4v) is 2.20. The molecule has 0 N–H and O–H groups in total. The molecule has 90 valence electrons. The molecule has 0 aromatic heterocycles. The number of sulfone groups is 1. The van der Waals surface area contributed by atoms with Crippen molar-refractivity contribution in [2.75, 3.05) is 6.26 Å². The van der Waals surface area contributed by atoms with Crippen LogP contribution in [0.25, 0.3) is 0 Å². The van der Waals surface area contributed by atoms with Gasteiger partial charge >= 0.3 is 10.5 Å². The van der Waals surface area contributed by atoms with E-state index in [1.165, 1.54) is 24.3 Å². The van der Waals surface area contributed by atoms with Crippen LogP contribution in [0.3, 0.4) is 0 Å². The summed E-state index contributed by atoms with van der Waals surface area (Å²) >= 11 is 0. The van der Waals surface area contributed by atoms with Crippen molar-refractivity contribution < 1.29 is 24.9 Å². The molecule has 0 unspecified atom stereocenters. The smallest absolute Gasteiger partial charge is 0.358 e. The summed E-state index contributed by atoms with van der Waals surface area (Å²) in [6.07, 6.45) is 1.07. The first kappa shape index (κ1) is 12.9. The first-order chi connectivity index (χ1) is 7.16. The van der Waals surface area contributed by atoms with Gasteiger partial charge in [0.15, 0.2) is 9.84 Å². The van der Waals surface area contributed by atoms with Crippen molar-refractivity contribution in [3.05, 3.63) is 29.8 Å². The van der Waals surface area contributed by atoms with Crippen molar-refractivity contribution in [3.8, 4) is 5.75 Å². The zero-order chi connectivity index (χ0) is 12.4. The normalized spacial score (nSPS) is 12.4. The third-order valence-corrected chi connectivity index (χ3v) is 2.80. The lowest BCUT2D eigenvalue weighted by atomic mass is 10.2. The van der Waals surface area contributed by atoms with Crippen LogP contribution in [0.1, 0.15) is 5.56 Å². The summed E-state index contributed by atoms with van der Waals surface area (Å²) in [5.41, 5.74) is 0.464. The molecule has 0 saturated carbocycles. The average molecular weight is 268 g/mol. The highest BCUT2D eigenvalue weighted by atomic mass is 32.3. The second-order valence-electron chi connectivity index (χ2n) is 3.19. The Morgan fingerprint density at radius 1 is 1.12 bits per heavy atom. The van der Waals surface area contributed by atoms with Crippen molar-refractivity contribution in [1.29, 1.82) is 0 Å². The number of hydrogen-bond acceptors (Lipinski definition) is 5. The average Bonchev–Trinajstić information content (AvgIpc) is 2.03. The predicted molar refractivity (Wildman–Crippen MR) is 55.6 cm³/mol. The summed E-state index contributed by atoms with van der Waals surface area (Å²) in [6, 6.07) is 5.05. The Hall–Kier alpha value is -1.15. The zero-order valence-corrected chi connectivity index (χ0v) is 9.89. The van der Waals surface area contributed by atoms with Gasteiger partial charge in [-0.05, 0) is 17.7 Å². The van der Waals surface area contributed by atoms with Gasteiger partial charge in [0.2, 0.25) is 0 Å². The molecule has 1 aromatic carbocycles. The van der Waals surface area contributed by atoms with E-state index in [1.807, 2.05) is 0 Å². The van der Waals surface area contributed by atoms with Gasteiger partial charge < -0.3 is 4.18 Å². The largest absolute Gasteiger partial charge is 0.488 e. The second kappa shape index (κ2) is 4.38. The van der Waals surface area contributed by atoms with E-state index in [0.717, 1.165) is 6.26 Å². The van der Waals surface area contributed by atoms with Crippen molar-refractivity contribution in [1.82, 2.24) is 0 Å². The molecule has 0 aliphatic heterocycles. The van der Waals surface area contributed by atoms with Gasteiger partial charge in [-0.1, -0.05) is 16.0 Å². The molecule has 0 aliphatic carbocycles. The molecule has 16 heavy (non-hydrogen) atoms. The Kier molecular flexibility index (Phi) is 3.54. The SMILES string of the molecule is CS(=O)(=O)Cc1ccc(OS(=O)(=O)F)cc1. The molecular weight excluding hydrogens is 259 g/mol. The fraction of sp³-hybridized carbons (Fsp3) is 0.250. The maximum Gasteiger partial charge on any atom is 0.488 e. The summed E-state index contributed by atoms with van der Waals surface area (Å²) in [7, 11) is -8.20. The lowest BCUT2D eigenvalue weighted by molar-refractivity contribution is 0.440. The molecule has 0 radical (unpaired) electrons. The van der Waals surface area contributed by atoms with Crippen LogP contribution in [0.15, 0.2) is 24.3 Å². The van der Waals surface area contributed by atoms with Crippen LogP contribution in [0, 0.1) is 0 Å². The van der Waals surface area contributed by atoms with Gasteiger partial charge in [0.25, 0.3) is 0 Å². The molecule has 1 aromatic rings. The van der Waals surface area contributed by atoms with E-state index in [1.54, 1.807) is 0 Å². The highest BCUT2D eigenvalue weighted by Gasteiger charge is 2.10. The maximum atomic E-state index is 12.1. The third kappa shape index (κ3) is 5.08. The van der Waals surface area contributed by atoms with Crippen LogP contribution in [-0.2, 0) is 26.1 Å². The Morgan fingerprint density at radius 3 is 2.00 bits per heavy atom. The molecule has 0 atom stereocenters. The summed E-state index contributed by atoms with van der Waals surface area (Å²) in [5.74, 6) is -0.380. The summed E-state index contributed by atoms with van der Waals surface area (Å²) in [6.45, 7) is 0. The molecule has 0 heterocycles. The standard InChI is InChI=1S/C8H9FO5S2/c1-15(10,11)6-7-2-4-8(5-3-7)14-16(9,12)13/h2-5H,6H2,1H3.